The van der Waals surface area contributed by atoms with Crippen molar-refractivity contribution in [3.05, 3.63) is 0 Å². The van der Waals surface area contributed by atoms with Gasteiger partial charge < -0.3 is 10.6 Å². The first-order chi connectivity index (χ1) is 11.7. The predicted molar refractivity (Wildman–Crippen MR) is 107 cm³/mol. The van der Waals surface area contributed by atoms with Gasteiger partial charge in [-0.3, -0.25) is 9.89 Å². The monoisotopic (exact) mass is 374 g/mol. The summed E-state index contributed by atoms with van der Waals surface area (Å²) in [5.41, 5.74) is 0. The Morgan fingerprint density at radius 1 is 1.20 bits per heavy atom. The Labute approximate surface area is 154 Å². The number of hydrogen-bond acceptors (Lipinski definition) is 4. The van der Waals surface area contributed by atoms with Crippen LogP contribution in [0.3, 0.4) is 0 Å². The van der Waals surface area contributed by atoms with Gasteiger partial charge in [-0.25, -0.2) is 8.42 Å². The summed E-state index contributed by atoms with van der Waals surface area (Å²) in [5, 5.41) is 6.35. The van der Waals surface area contributed by atoms with Crippen molar-refractivity contribution in [1.29, 1.82) is 0 Å². The van der Waals surface area contributed by atoms with E-state index in [1.54, 1.807) is 20.8 Å². The molecule has 25 heavy (non-hydrogen) atoms. The largest absolute Gasteiger partial charge is 0.357 e. The van der Waals surface area contributed by atoms with E-state index >= 15 is 0 Å². The van der Waals surface area contributed by atoms with Crippen molar-refractivity contribution in [2.24, 2.45) is 4.99 Å². The van der Waals surface area contributed by atoms with Crippen molar-refractivity contribution < 1.29 is 8.42 Å². The number of aliphatic imine (C=N–C) groups is 1. The summed E-state index contributed by atoms with van der Waals surface area (Å²) in [6, 6.07) is 0.691. The number of piperidine rings is 1. The highest BCUT2D eigenvalue weighted by Crippen LogP contribution is 2.18. The normalized spacial score (nSPS) is 20.5. The molecular formula is C18H38N4O2S. The topological polar surface area (TPSA) is 73.8 Å². The van der Waals surface area contributed by atoms with Crippen LogP contribution in [0.2, 0.25) is 0 Å². The van der Waals surface area contributed by atoms with Crippen LogP contribution in [0, 0.1) is 0 Å². The van der Waals surface area contributed by atoms with Gasteiger partial charge in [0.2, 0.25) is 0 Å². The molecule has 0 aromatic rings. The summed E-state index contributed by atoms with van der Waals surface area (Å²) in [6.45, 7) is 13.5. The van der Waals surface area contributed by atoms with Gasteiger partial charge in [-0.15, -0.1) is 0 Å². The summed E-state index contributed by atoms with van der Waals surface area (Å²) in [6.07, 6.45) is 5.11. The van der Waals surface area contributed by atoms with Crippen molar-refractivity contribution in [1.82, 2.24) is 15.5 Å². The molecule has 1 fully saturated rings. The fourth-order valence-corrected chi connectivity index (χ4v) is 4.04. The summed E-state index contributed by atoms with van der Waals surface area (Å²) in [4.78, 5) is 7.16. The molecule has 0 saturated carbocycles. The third-order valence-corrected chi connectivity index (χ3v) is 7.43. The zero-order chi connectivity index (χ0) is 18.9. The number of nitrogens with one attached hydrogen (secondary N) is 2. The fraction of sp³-hybridized carbons (Fsp3) is 0.944. The van der Waals surface area contributed by atoms with Crippen molar-refractivity contribution >= 4 is 15.8 Å². The third-order valence-electron chi connectivity index (χ3n) is 4.82. The molecule has 0 radical (unpaired) electrons. The molecule has 1 rings (SSSR count). The lowest BCUT2D eigenvalue weighted by Gasteiger charge is -2.34. The van der Waals surface area contributed by atoms with Crippen LogP contribution in [0.5, 0.6) is 0 Å². The first-order valence-corrected chi connectivity index (χ1v) is 11.3. The van der Waals surface area contributed by atoms with Gasteiger partial charge in [-0.05, 0) is 53.5 Å². The minimum absolute atomic E-state index is 0.116. The molecule has 0 amide bonds. The van der Waals surface area contributed by atoms with Gasteiger partial charge in [0.15, 0.2) is 15.8 Å². The molecular weight excluding hydrogens is 336 g/mol. The van der Waals surface area contributed by atoms with Crippen LogP contribution in [0.25, 0.3) is 0 Å². The maximum absolute atomic E-state index is 12.2. The first kappa shape index (κ1) is 22.2. The number of nitrogens with zero attached hydrogens (tertiary/aromatic N) is 2. The lowest BCUT2D eigenvalue weighted by molar-refractivity contribution is 0.148. The molecule has 1 unspecified atom stereocenters. The van der Waals surface area contributed by atoms with Crippen molar-refractivity contribution in [3.8, 4) is 0 Å². The zero-order valence-corrected chi connectivity index (χ0v) is 17.6. The van der Waals surface area contributed by atoms with Gasteiger partial charge in [0.05, 0.1) is 17.0 Å². The summed E-state index contributed by atoms with van der Waals surface area (Å²) < 4.78 is 23.6. The van der Waals surface area contributed by atoms with Crippen LogP contribution in [0.4, 0.5) is 0 Å². The molecule has 6 nitrogen and oxygen atoms in total. The zero-order valence-electron chi connectivity index (χ0n) is 16.8. The Hall–Kier alpha value is -0.820. The van der Waals surface area contributed by atoms with E-state index in [1.807, 2.05) is 6.92 Å². The van der Waals surface area contributed by atoms with Crippen molar-refractivity contribution in [2.75, 3.05) is 38.5 Å². The van der Waals surface area contributed by atoms with Gasteiger partial charge in [-0.2, -0.15) is 0 Å². The summed E-state index contributed by atoms with van der Waals surface area (Å²) in [7, 11) is -3.11. The van der Waals surface area contributed by atoms with E-state index in [0.29, 0.717) is 18.5 Å². The van der Waals surface area contributed by atoms with Gasteiger partial charge in [0, 0.05) is 25.7 Å². The van der Waals surface area contributed by atoms with Gasteiger partial charge in [0.25, 0.3) is 0 Å². The lowest BCUT2D eigenvalue weighted by Crippen LogP contribution is -2.43. The minimum atomic E-state index is -3.11. The van der Waals surface area contributed by atoms with E-state index < -0.39 is 14.6 Å². The maximum atomic E-state index is 12.2. The van der Waals surface area contributed by atoms with E-state index in [0.717, 1.165) is 19.6 Å². The number of rotatable bonds is 8. The Morgan fingerprint density at radius 3 is 2.52 bits per heavy atom. The van der Waals surface area contributed by atoms with Crippen LogP contribution in [-0.4, -0.2) is 68.5 Å². The standard InChI is InChI=1S/C18H38N4O2S/c1-6-16-10-8-9-13-22(16)14-11-20-17(19-7-2)21-12-15-25(23,24)18(3,4)5/h16H,6-15H2,1-5H3,(H2,19,20,21). The molecule has 1 saturated heterocycles. The second kappa shape index (κ2) is 10.4. The van der Waals surface area contributed by atoms with Crippen LogP contribution in [-0.2, 0) is 9.84 Å². The number of guanidine groups is 1. The van der Waals surface area contributed by atoms with Crippen LogP contribution < -0.4 is 10.6 Å². The molecule has 0 bridgehead atoms. The van der Waals surface area contributed by atoms with Gasteiger partial charge >= 0.3 is 0 Å². The molecule has 148 valence electrons. The Balaban J connectivity index is 2.48. The van der Waals surface area contributed by atoms with E-state index in [9.17, 15) is 8.42 Å². The Morgan fingerprint density at radius 2 is 1.92 bits per heavy atom. The quantitative estimate of drug-likeness (QED) is 0.502. The fourth-order valence-electron chi connectivity index (χ4n) is 3.06. The molecule has 2 N–H and O–H groups in total. The second-order valence-corrected chi connectivity index (χ2v) is 10.6. The first-order valence-electron chi connectivity index (χ1n) is 9.69. The van der Waals surface area contributed by atoms with E-state index in [4.69, 9.17) is 0 Å². The smallest absolute Gasteiger partial charge is 0.191 e. The predicted octanol–water partition coefficient (Wildman–Crippen LogP) is 2.02. The molecule has 0 aromatic carbocycles. The second-order valence-electron chi connectivity index (χ2n) is 7.71. The molecule has 1 atom stereocenters. The highest BCUT2D eigenvalue weighted by molar-refractivity contribution is 7.92. The van der Waals surface area contributed by atoms with E-state index in [1.165, 1.54) is 32.2 Å². The number of likely N-dealkylation sites (tertiary alicyclic amines) is 1. The molecule has 1 aliphatic rings. The highest BCUT2D eigenvalue weighted by atomic mass is 32.2. The average Bonchev–Trinajstić information content (AvgIpc) is 2.54. The van der Waals surface area contributed by atoms with Crippen LogP contribution in [0.1, 0.15) is 60.3 Å². The minimum Gasteiger partial charge on any atom is -0.357 e. The van der Waals surface area contributed by atoms with Crippen molar-refractivity contribution in [2.45, 2.75) is 71.1 Å². The SMILES string of the molecule is CCNC(=NCCN1CCCCC1CC)NCCS(=O)(=O)C(C)(C)C. The average molecular weight is 375 g/mol. The number of hydrogen-bond donors (Lipinski definition) is 2. The Bertz CT molecular complexity index is 512. The van der Waals surface area contributed by atoms with Gasteiger partial charge in [0.1, 0.15) is 0 Å². The molecule has 0 aromatic heterocycles. The van der Waals surface area contributed by atoms with Crippen LogP contribution >= 0.6 is 0 Å². The van der Waals surface area contributed by atoms with Crippen LogP contribution in [0.15, 0.2) is 4.99 Å². The lowest BCUT2D eigenvalue weighted by atomic mass is 10.0. The molecule has 1 heterocycles. The number of sulfone groups is 1. The van der Waals surface area contributed by atoms with E-state index in [2.05, 4.69) is 27.4 Å². The molecule has 7 heteroatoms. The van der Waals surface area contributed by atoms with E-state index in [-0.39, 0.29) is 5.75 Å². The third kappa shape index (κ3) is 7.52. The Kier molecular flexibility index (Phi) is 9.21. The van der Waals surface area contributed by atoms with Gasteiger partial charge in [-0.1, -0.05) is 13.3 Å². The highest BCUT2D eigenvalue weighted by Gasteiger charge is 2.28. The maximum Gasteiger partial charge on any atom is 0.191 e. The molecule has 0 spiro atoms. The van der Waals surface area contributed by atoms with Crippen molar-refractivity contribution in [3.63, 3.8) is 0 Å². The molecule has 0 aliphatic carbocycles. The summed E-state index contributed by atoms with van der Waals surface area (Å²) in [5.74, 6) is 0.821. The summed E-state index contributed by atoms with van der Waals surface area (Å²) >= 11 is 0. The molecule has 1 aliphatic heterocycles.